The average Bonchev–Trinajstić information content (AvgIpc) is 3.03. The number of hydrogen-bond acceptors (Lipinski definition) is 9. The number of aliphatic hydroxyl groups excluding tert-OH is 2. The van der Waals surface area contributed by atoms with Gasteiger partial charge in [0, 0.05) is 30.2 Å². The molecule has 1 saturated heterocycles. The molecule has 4 atom stereocenters. The van der Waals surface area contributed by atoms with Gasteiger partial charge in [-0.25, -0.2) is 0 Å². The number of rotatable bonds is 2. The number of fused-ring (bicyclic) bond motifs is 4. The van der Waals surface area contributed by atoms with Crippen molar-refractivity contribution in [1.29, 1.82) is 0 Å². The zero-order valence-corrected chi connectivity index (χ0v) is 15.5. The summed E-state index contributed by atoms with van der Waals surface area (Å²) in [5.41, 5.74) is 0.0630. The number of phenolic OH excluding ortho intramolecular Hbond substituents is 3. The highest BCUT2D eigenvalue weighted by atomic mass is 16.6. The van der Waals surface area contributed by atoms with Crippen molar-refractivity contribution in [2.45, 2.75) is 30.8 Å². The Kier molecular flexibility index (Phi) is 4.14. The number of benzene rings is 2. The van der Waals surface area contributed by atoms with E-state index in [2.05, 4.69) is 0 Å². The van der Waals surface area contributed by atoms with Gasteiger partial charge >= 0.3 is 0 Å². The third-order valence-corrected chi connectivity index (χ3v) is 5.49. The van der Waals surface area contributed by atoms with E-state index in [4.69, 9.17) is 13.9 Å². The second-order valence-corrected chi connectivity index (χ2v) is 7.46. The van der Waals surface area contributed by atoms with Crippen LogP contribution in [0, 0.1) is 0 Å². The zero-order valence-electron chi connectivity index (χ0n) is 15.5. The summed E-state index contributed by atoms with van der Waals surface area (Å²) in [6.45, 7) is -0.393. The smallest absolute Gasteiger partial charge is 0.197 e. The van der Waals surface area contributed by atoms with E-state index in [9.17, 15) is 30.3 Å². The van der Waals surface area contributed by atoms with Gasteiger partial charge in [0.05, 0.1) is 18.3 Å². The highest BCUT2D eigenvalue weighted by Crippen LogP contribution is 2.50. The van der Waals surface area contributed by atoms with Crippen LogP contribution in [-0.4, -0.2) is 50.5 Å². The quantitative estimate of drug-likeness (QED) is 0.420. The predicted octanol–water partition coefficient (Wildman–Crippen LogP) is 1.52. The monoisotopic (exact) mass is 414 g/mol. The van der Waals surface area contributed by atoms with Gasteiger partial charge in [-0.2, -0.15) is 0 Å². The molecular formula is C21H18O9. The number of aliphatic hydroxyl groups is 2. The molecule has 5 rings (SSSR count). The fourth-order valence-corrected chi connectivity index (χ4v) is 4.12. The van der Waals surface area contributed by atoms with Crippen molar-refractivity contribution in [3.63, 3.8) is 0 Å². The van der Waals surface area contributed by atoms with Gasteiger partial charge in [0.1, 0.15) is 58.0 Å². The lowest BCUT2D eigenvalue weighted by Gasteiger charge is -2.34. The molecule has 2 aromatic carbocycles. The SMILES string of the molecule is O=c1cc(-c2cc(O)cc(O)c2)oc2cc3c(c(O)c12)C1O[C@H](CO)C(O)C[C@@H]1O3. The topological polar surface area (TPSA) is 150 Å². The summed E-state index contributed by atoms with van der Waals surface area (Å²) in [7, 11) is 0. The molecule has 0 amide bonds. The maximum atomic E-state index is 12.8. The first-order valence-electron chi connectivity index (χ1n) is 9.34. The van der Waals surface area contributed by atoms with E-state index in [-0.39, 0.29) is 57.3 Å². The number of aromatic hydroxyl groups is 3. The Morgan fingerprint density at radius 2 is 1.77 bits per heavy atom. The summed E-state index contributed by atoms with van der Waals surface area (Å²) in [6.07, 6.45) is -2.89. The minimum absolute atomic E-state index is 0.0505. The highest BCUT2D eigenvalue weighted by Gasteiger charge is 2.46. The van der Waals surface area contributed by atoms with Crippen molar-refractivity contribution in [1.82, 2.24) is 0 Å². The molecule has 0 bridgehead atoms. The van der Waals surface area contributed by atoms with Crippen molar-refractivity contribution in [2.75, 3.05) is 6.61 Å². The third kappa shape index (κ3) is 2.78. The van der Waals surface area contributed by atoms with Gasteiger partial charge in [0.25, 0.3) is 0 Å². The van der Waals surface area contributed by atoms with Gasteiger partial charge in [-0.05, 0) is 12.1 Å². The van der Waals surface area contributed by atoms with Crippen molar-refractivity contribution in [2.24, 2.45) is 0 Å². The van der Waals surface area contributed by atoms with Gasteiger partial charge in [0.2, 0.25) is 0 Å². The Morgan fingerprint density at radius 3 is 2.47 bits per heavy atom. The molecule has 3 heterocycles. The van der Waals surface area contributed by atoms with Crippen LogP contribution < -0.4 is 10.2 Å². The molecule has 156 valence electrons. The van der Waals surface area contributed by atoms with Crippen LogP contribution in [0.15, 0.2) is 39.5 Å². The summed E-state index contributed by atoms with van der Waals surface area (Å²) in [6, 6.07) is 6.40. The Hall–Kier alpha value is -3.27. The first-order chi connectivity index (χ1) is 14.4. The minimum atomic E-state index is -0.924. The lowest BCUT2D eigenvalue weighted by atomic mass is 9.94. The van der Waals surface area contributed by atoms with Crippen LogP contribution in [0.25, 0.3) is 22.3 Å². The maximum absolute atomic E-state index is 12.8. The average molecular weight is 414 g/mol. The van der Waals surface area contributed by atoms with E-state index in [0.29, 0.717) is 0 Å². The van der Waals surface area contributed by atoms with Crippen LogP contribution in [-0.2, 0) is 4.74 Å². The second-order valence-electron chi connectivity index (χ2n) is 7.46. The van der Waals surface area contributed by atoms with Gasteiger partial charge in [-0.15, -0.1) is 0 Å². The van der Waals surface area contributed by atoms with Crippen LogP contribution in [0.1, 0.15) is 18.1 Å². The van der Waals surface area contributed by atoms with Crippen molar-refractivity contribution < 1.29 is 39.4 Å². The van der Waals surface area contributed by atoms with E-state index >= 15 is 0 Å². The van der Waals surface area contributed by atoms with Crippen molar-refractivity contribution in [3.05, 3.63) is 46.1 Å². The molecule has 30 heavy (non-hydrogen) atoms. The Morgan fingerprint density at radius 1 is 1.03 bits per heavy atom. The molecule has 1 aromatic heterocycles. The van der Waals surface area contributed by atoms with Gasteiger partial charge in [0.15, 0.2) is 5.43 Å². The van der Waals surface area contributed by atoms with Crippen molar-refractivity contribution in [3.8, 4) is 34.3 Å². The van der Waals surface area contributed by atoms with E-state index < -0.39 is 36.5 Å². The Balaban J connectivity index is 1.66. The number of hydrogen-bond donors (Lipinski definition) is 5. The first-order valence-corrected chi connectivity index (χ1v) is 9.34. The van der Waals surface area contributed by atoms with Crippen LogP contribution in [0.3, 0.4) is 0 Å². The molecule has 2 unspecified atom stereocenters. The standard InChI is InChI=1S/C21H18O9/c22-7-17-11(25)4-16-21(30-17)19-15(29-16)6-14-18(20(19)27)12(26)5-13(28-14)8-1-9(23)3-10(24)2-8/h1-3,5-6,11,16-17,21-25,27H,4,7H2/t11?,16-,17+,21?/m0/s1. The molecule has 0 aliphatic carbocycles. The Labute approximate surface area is 169 Å². The molecule has 3 aromatic rings. The summed E-state index contributed by atoms with van der Waals surface area (Å²) < 4.78 is 17.3. The Bertz CT molecular complexity index is 1200. The number of ether oxygens (including phenoxy) is 2. The molecule has 2 aliphatic heterocycles. The lowest BCUT2D eigenvalue weighted by Crippen LogP contribution is -2.44. The first kappa shape index (κ1) is 18.7. The predicted molar refractivity (Wildman–Crippen MR) is 103 cm³/mol. The molecule has 9 nitrogen and oxygen atoms in total. The highest BCUT2D eigenvalue weighted by molar-refractivity contribution is 5.88. The van der Waals surface area contributed by atoms with E-state index in [0.717, 1.165) is 12.1 Å². The fourth-order valence-electron chi connectivity index (χ4n) is 4.12. The van der Waals surface area contributed by atoms with E-state index in [1.54, 1.807) is 0 Å². The van der Waals surface area contributed by atoms with Crippen molar-refractivity contribution >= 4 is 11.0 Å². The van der Waals surface area contributed by atoms with Gasteiger partial charge in [-0.3, -0.25) is 4.79 Å². The molecular weight excluding hydrogens is 396 g/mol. The molecule has 2 aliphatic rings. The van der Waals surface area contributed by atoms with E-state index in [1.807, 2.05) is 0 Å². The molecule has 9 heteroatoms. The second kappa shape index (κ2) is 6.63. The molecule has 5 N–H and O–H groups in total. The van der Waals surface area contributed by atoms with Gasteiger partial charge < -0.3 is 39.4 Å². The summed E-state index contributed by atoms with van der Waals surface area (Å²) >= 11 is 0. The minimum Gasteiger partial charge on any atom is -0.508 e. The lowest BCUT2D eigenvalue weighted by molar-refractivity contribution is -0.165. The normalized spacial score (nSPS) is 25.0. The molecule has 0 radical (unpaired) electrons. The summed E-state index contributed by atoms with van der Waals surface area (Å²) in [5, 5.41) is 49.6. The van der Waals surface area contributed by atoms with Crippen LogP contribution in [0.4, 0.5) is 0 Å². The fraction of sp³-hybridized carbons (Fsp3) is 0.286. The van der Waals surface area contributed by atoms with Crippen LogP contribution in [0.5, 0.6) is 23.0 Å². The molecule has 1 fully saturated rings. The largest absolute Gasteiger partial charge is 0.508 e. The zero-order chi connectivity index (χ0) is 21.2. The summed E-state index contributed by atoms with van der Waals surface area (Å²) in [4.78, 5) is 12.8. The molecule has 0 saturated carbocycles. The van der Waals surface area contributed by atoms with Crippen LogP contribution >= 0.6 is 0 Å². The van der Waals surface area contributed by atoms with E-state index in [1.165, 1.54) is 18.2 Å². The molecule has 0 spiro atoms. The summed E-state index contributed by atoms with van der Waals surface area (Å²) in [5.74, 6) is -0.417. The third-order valence-electron chi connectivity index (χ3n) is 5.49. The van der Waals surface area contributed by atoms with Crippen LogP contribution in [0.2, 0.25) is 0 Å². The maximum Gasteiger partial charge on any atom is 0.197 e. The van der Waals surface area contributed by atoms with Gasteiger partial charge in [-0.1, -0.05) is 0 Å². The number of phenols is 3.